The van der Waals surface area contributed by atoms with Crippen LogP contribution in [0.15, 0.2) is 91.0 Å². The first-order chi connectivity index (χ1) is 28.5. The summed E-state index contributed by atoms with van der Waals surface area (Å²) in [6.45, 7) is 12.1. The van der Waals surface area contributed by atoms with Gasteiger partial charge in [-0.05, 0) is 64.7 Å². The minimum atomic E-state index is -0.940. The third-order valence-electron chi connectivity index (χ3n) is 9.37. The SMILES string of the molecule is CC(C)(C)OC(=O)CN1CCN(C(=O)OCc2ccccc2)CCN([C@@H](CCC(=O)OCc2ccccc2)C(=O)OC(C)(C)C)CCN(C(=O)OCc2ccccc2)CC1. The molecule has 0 bridgehead atoms. The Balaban J connectivity index is 1.62. The fourth-order valence-electron chi connectivity index (χ4n) is 6.37. The van der Waals surface area contributed by atoms with Crippen molar-refractivity contribution in [2.24, 2.45) is 0 Å². The summed E-state index contributed by atoms with van der Waals surface area (Å²) in [7, 11) is 0. The number of amides is 2. The molecule has 3 aromatic carbocycles. The van der Waals surface area contributed by atoms with Gasteiger partial charge in [0.15, 0.2) is 0 Å². The Morgan fingerprint density at radius 3 is 1.33 bits per heavy atom. The van der Waals surface area contributed by atoms with Crippen LogP contribution >= 0.6 is 0 Å². The Labute approximate surface area is 354 Å². The van der Waals surface area contributed by atoms with Gasteiger partial charge in [-0.15, -0.1) is 0 Å². The first-order valence-electron chi connectivity index (χ1n) is 20.6. The first kappa shape index (κ1) is 47.2. The van der Waals surface area contributed by atoms with Gasteiger partial charge < -0.3 is 33.5 Å². The molecule has 0 radical (unpaired) electrons. The second-order valence-corrected chi connectivity index (χ2v) is 16.7. The van der Waals surface area contributed by atoms with Crippen molar-refractivity contribution < 1.29 is 47.7 Å². The average molecular weight is 831 g/mol. The number of hydrogen-bond acceptors (Lipinski definition) is 12. The third kappa shape index (κ3) is 17.8. The number of carbonyl (C=O) groups excluding carboxylic acids is 5. The van der Waals surface area contributed by atoms with Crippen LogP contribution in [0.3, 0.4) is 0 Å². The van der Waals surface area contributed by atoms with Gasteiger partial charge in [-0.2, -0.15) is 0 Å². The fourth-order valence-corrected chi connectivity index (χ4v) is 6.37. The molecule has 1 atom stereocenters. The molecule has 14 nitrogen and oxygen atoms in total. The van der Waals surface area contributed by atoms with E-state index in [1.165, 1.54) is 0 Å². The highest BCUT2D eigenvalue weighted by Crippen LogP contribution is 2.18. The summed E-state index contributed by atoms with van der Waals surface area (Å²) in [5.41, 5.74) is 0.916. The van der Waals surface area contributed by atoms with Crippen LogP contribution in [0.5, 0.6) is 0 Å². The van der Waals surface area contributed by atoms with E-state index in [2.05, 4.69) is 0 Å². The summed E-state index contributed by atoms with van der Waals surface area (Å²) in [6, 6.07) is 27.0. The first-order valence-corrected chi connectivity index (χ1v) is 20.6. The molecule has 1 saturated heterocycles. The molecule has 14 heteroatoms. The highest BCUT2D eigenvalue weighted by molar-refractivity contribution is 5.78. The maximum absolute atomic E-state index is 14.0. The summed E-state index contributed by atoms with van der Waals surface area (Å²) in [4.78, 5) is 74.6. The zero-order valence-corrected chi connectivity index (χ0v) is 36.0. The van der Waals surface area contributed by atoms with Crippen molar-refractivity contribution in [1.82, 2.24) is 19.6 Å². The van der Waals surface area contributed by atoms with Crippen LogP contribution in [0.2, 0.25) is 0 Å². The Morgan fingerprint density at radius 2 is 0.917 bits per heavy atom. The topological polar surface area (TPSA) is 144 Å². The monoisotopic (exact) mass is 830 g/mol. The molecule has 1 aliphatic rings. The van der Waals surface area contributed by atoms with Gasteiger partial charge in [0.25, 0.3) is 0 Å². The van der Waals surface area contributed by atoms with Crippen LogP contribution in [0, 0.1) is 0 Å². The standard InChI is InChI=1S/C46H62N4O10/c1-45(2,3)59-41(52)32-47-24-26-49(43(54)57-34-37-18-12-8-13-19-37)30-28-48(29-31-50(27-25-47)44(55)58-35-38-20-14-9-15-21-38)39(42(53)60-46(4,5)6)22-23-40(51)56-33-36-16-10-7-11-17-36/h7-21,39H,22-35H2,1-6H3/t39-/m0/s1. The van der Waals surface area contributed by atoms with Crippen LogP contribution in [0.4, 0.5) is 9.59 Å². The Bertz CT molecular complexity index is 1730. The lowest BCUT2D eigenvalue weighted by Crippen LogP contribution is -2.53. The van der Waals surface area contributed by atoms with Gasteiger partial charge >= 0.3 is 30.1 Å². The van der Waals surface area contributed by atoms with Crippen molar-refractivity contribution in [2.75, 3.05) is 58.9 Å². The van der Waals surface area contributed by atoms with Gasteiger partial charge in [0, 0.05) is 58.8 Å². The molecule has 1 aliphatic heterocycles. The van der Waals surface area contributed by atoms with Crippen LogP contribution < -0.4 is 0 Å². The van der Waals surface area contributed by atoms with Gasteiger partial charge in [-0.3, -0.25) is 24.2 Å². The van der Waals surface area contributed by atoms with Crippen LogP contribution in [-0.4, -0.2) is 126 Å². The highest BCUT2D eigenvalue weighted by atomic mass is 16.6. The van der Waals surface area contributed by atoms with Gasteiger partial charge in [0.1, 0.15) is 37.1 Å². The molecule has 0 spiro atoms. The van der Waals surface area contributed by atoms with Gasteiger partial charge in [0.05, 0.1) is 6.54 Å². The smallest absolute Gasteiger partial charge is 0.410 e. The number of esters is 3. The summed E-state index contributed by atoms with van der Waals surface area (Å²) >= 11 is 0. The van der Waals surface area contributed by atoms with E-state index >= 15 is 0 Å². The summed E-state index contributed by atoms with van der Waals surface area (Å²) in [6.07, 6.45) is -1.17. The molecule has 0 saturated carbocycles. The van der Waals surface area contributed by atoms with Crippen LogP contribution in [-0.2, 0) is 57.9 Å². The van der Waals surface area contributed by atoms with Crippen molar-refractivity contribution >= 4 is 30.1 Å². The minimum Gasteiger partial charge on any atom is -0.461 e. The Kier molecular flexibility index (Phi) is 18.4. The van der Waals surface area contributed by atoms with E-state index in [0.29, 0.717) is 0 Å². The van der Waals surface area contributed by atoms with E-state index in [1.54, 1.807) is 51.3 Å². The number of benzene rings is 3. The largest absolute Gasteiger partial charge is 0.461 e. The molecule has 0 unspecified atom stereocenters. The molecule has 1 fully saturated rings. The average Bonchev–Trinajstić information content (AvgIpc) is 3.19. The summed E-state index contributed by atoms with van der Waals surface area (Å²) in [5, 5.41) is 0. The van der Waals surface area contributed by atoms with E-state index in [0.717, 1.165) is 16.7 Å². The quantitative estimate of drug-likeness (QED) is 0.138. The maximum Gasteiger partial charge on any atom is 0.410 e. The van der Waals surface area contributed by atoms with E-state index < -0.39 is 47.3 Å². The second-order valence-electron chi connectivity index (χ2n) is 16.7. The zero-order valence-electron chi connectivity index (χ0n) is 36.0. The Hall–Kier alpha value is -5.47. The Morgan fingerprint density at radius 1 is 0.517 bits per heavy atom. The second kappa shape index (κ2) is 23.4. The molecule has 60 heavy (non-hydrogen) atoms. The number of hydrogen-bond donors (Lipinski definition) is 0. The van der Waals surface area contributed by atoms with E-state index in [1.807, 2.05) is 101 Å². The van der Waals surface area contributed by atoms with E-state index in [4.69, 9.17) is 23.7 Å². The van der Waals surface area contributed by atoms with Gasteiger partial charge in [0.2, 0.25) is 0 Å². The van der Waals surface area contributed by atoms with Crippen molar-refractivity contribution in [1.29, 1.82) is 0 Å². The maximum atomic E-state index is 14.0. The number of nitrogens with zero attached hydrogens (tertiary/aromatic N) is 4. The molecule has 0 aromatic heterocycles. The lowest BCUT2D eigenvalue weighted by atomic mass is 10.1. The van der Waals surface area contributed by atoms with E-state index in [-0.39, 0.29) is 91.6 Å². The molecular weight excluding hydrogens is 769 g/mol. The van der Waals surface area contributed by atoms with Crippen molar-refractivity contribution in [2.45, 2.75) is 91.4 Å². The molecule has 0 aliphatic carbocycles. The highest BCUT2D eigenvalue weighted by Gasteiger charge is 2.33. The molecule has 326 valence electrons. The fraction of sp³-hybridized carbons (Fsp3) is 0.500. The number of ether oxygens (including phenoxy) is 5. The molecule has 1 heterocycles. The van der Waals surface area contributed by atoms with Crippen LogP contribution in [0.25, 0.3) is 0 Å². The van der Waals surface area contributed by atoms with Crippen molar-refractivity contribution in [3.63, 3.8) is 0 Å². The molecular formula is C46H62N4O10. The molecule has 2 amide bonds. The predicted molar refractivity (Wildman–Crippen MR) is 225 cm³/mol. The minimum absolute atomic E-state index is 0.0488. The van der Waals surface area contributed by atoms with Crippen molar-refractivity contribution in [3.05, 3.63) is 108 Å². The van der Waals surface area contributed by atoms with Gasteiger partial charge in [-0.1, -0.05) is 91.0 Å². The molecule has 0 N–H and O–H groups in total. The third-order valence-corrected chi connectivity index (χ3v) is 9.37. The normalized spacial score (nSPS) is 15.4. The molecule has 4 rings (SSSR count). The lowest BCUT2D eigenvalue weighted by Gasteiger charge is -2.37. The molecule has 3 aromatic rings. The summed E-state index contributed by atoms with van der Waals surface area (Å²) in [5.74, 6) is -1.48. The number of rotatable bonds is 13. The van der Waals surface area contributed by atoms with Crippen LogP contribution in [0.1, 0.15) is 71.1 Å². The summed E-state index contributed by atoms with van der Waals surface area (Å²) < 4.78 is 28.6. The predicted octanol–water partition coefficient (Wildman–Crippen LogP) is 6.46. The lowest BCUT2D eigenvalue weighted by molar-refractivity contribution is -0.162. The van der Waals surface area contributed by atoms with Gasteiger partial charge in [-0.25, -0.2) is 9.59 Å². The number of carbonyl (C=O) groups is 5. The zero-order chi connectivity index (χ0) is 43.5. The van der Waals surface area contributed by atoms with Crippen molar-refractivity contribution in [3.8, 4) is 0 Å². The van der Waals surface area contributed by atoms with E-state index in [9.17, 15) is 24.0 Å².